The lowest BCUT2D eigenvalue weighted by Crippen LogP contribution is -2.47. The van der Waals surface area contributed by atoms with Crippen LogP contribution < -0.4 is 10.1 Å². The number of aliphatic hydroxyl groups is 1. The lowest BCUT2D eigenvalue weighted by molar-refractivity contribution is -0.123. The minimum atomic E-state index is -3.95. The Kier molecular flexibility index (Phi) is 6.82. The monoisotopic (exact) mass is 425 g/mol. The molecule has 3 N–H and O–H groups in total. The van der Waals surface area contributed by atoms with Gasteiger partial charge in [-0.2, -0.15) is 9.82 Å². The van der Waals surface area contributed by atoms with Crippen molar-refractivity contribution in [2.24, 2.45) is 5.10 Å². The number of hydrogen-bond donors (Lipinski definition) is 3. The number of carbonyl (C=O) groups excluding carboxylic acids is 1. The summed E-state index contributed by atoms with van der Waals surface area (Å²) in [4.78, 5) is 12.0. The Hall–Kier alpha value is -2.07. The van der Waals surface area contributed by atoms with Crippen LogP contribution in [0.3, 0.4) is 0 Å². The van der Waals surface area contributed by atoms with Crippen LogP contribution in [0.25, 0.3) is 0 Å². The molecule has 0 aliphatic heterocycles. The molecule has 1 atom stereocenters. The normalized spacial score (nSPS) is 12.9. The molecule has 0 fully saturated rings. The van der Waals surface area contributed by atoms with E-state index < -0.39 is 28.6 Å². The molecular weight excluding hydrogens is 410 g/mol. The number of aliphatic hydroxyl groups excluding tert-OH is 1. The van der Waals surface area contributed by atoms with Crippen molar-refractivity contribution in [2.45, 2.75) is 10.9 Å². The fourth-order valence-electron chi connectivity index (χ4n) is 1.83. The summed E-state index contributed by atoms with van der Waals surface area (Å²) in [7, 11) is -3.95. The van der Waals surface area contributed by atoms with Gasteiger partial charge in [0.25, 0.3) is 5.91 Å². The smallest absolute Gasteiger partial charge is 0.260 e. The van der Waals surface area contributed by atoms with Gasteiger partial charge in [-0.05, 0) is 29.8 Å². The molecule has 0 unspecified atom stereocenters. The fraction of sp³-hybridized carbons (Fsp3) is 0.125. The molecule has 1 amide bonds. The molecule has 2 aromatic carbocycles. The molecule has 0 heterocycles. The Labute approximate surface area is 153 Å². The maximum atomic E-state index is 12.3. The van der Waals surface area contributed by atoms with Gasteiger partial charge in [0.1, 0.15) is 6.04 Å². The number of carbonyl (C=O) groups is 1. The molecule has 132 valence electrons. The first kappa shape index (κ1) is 19.3. The van der Waals surface area contributed by atoms with Gasteiger partial charge in [0, 0.05) is 4.47 Å². The SMILES string of the molecule is O=C(N/N=C/c1ccccc1)[C@H](CO)NS(=O)(=O)c1ccc(Br)cc1. The van der Waals surface area contributed by atoms with E-state index >= 15 is 0 Å². The van der Waals surface area contributed by atoms with Crippen LogP contribution >= 0.6 is 15.9 Å². The van der Waals surface area contributed by atoms with Gasteiger partial charge in [-0.3, -0.25) is 4.79 Å². The van der Waals surface area contributed by atoms with Gasteiger partial charge < -0.3 is 5.11 Å². The van der Waals surface area contributed by atoms with Gasteiger partial charge in [0.2, 0.25) is 10.0 Å². The van der Waals surface area contributed by atoms with Crippen LogP contribution in [0.2, 0.25) is 0 Å². The summed E-state index contributed by atoms with van der Waals surface area (Å²) in [5.74, 6) is -0.768. The van der Waals surface area contributed by atoms with Crippen LogP contribution in [0.15, 0.2) is 69.1 Å². The van der Waals surface area contributed by atoms with Crippen LogP contribution in [-0.4, -0.2) is 38.3 Å². The third kappa shape index (κ3) is 5.75. The van der Waals surface area contributed by atoms with Crippen molar-refractivity contribution in [2.75, 3.05) is 6.61 Å². The molecular formula is C16H16BrN3O4S. The first-order chi connectivity index (χ1) is 11.9. The Morgan fingerprint density at radius 2 is 1.80 bits per heavy atom. The number of hydrogen-bond acceptors (Lipinski definition) is 5. The van der Waals surface area contributed by atoms with E-state index in [0.29, 0.717) is 0 Å². The molecule has 9 heteroatoms. The number of sulfonamides is 1. The number of nitrogens with zero attached hydrogens (tertiary/aromatic N) is 1. The third-order valence-corrected chi connectivity index (χ3v) is 5.12. The molecule has 0 radical (unpaired) electrons. The molecule has 0 aliphatic rings. The summed E-state index contributed by atoms with van der Waals surface area (Å²) in [6, 6.07) is 13.6. The van der Waals surface area contributed by atoms with Crippen molar-refractivity contribution in [1.29, 1.82) is 0 Å². The number of amides is 1. The van der Waals surface area contributed by atoms with E-state index in [1.54, 1.807) is 24.3 Å². The van der Waals surface area contributed by atoms with Crippen LogP contribution in [0.1, 0.15) is 5.56 Å². The average molecular weight is 426 g/mol. The van der Waals surface area contributed by atoms with Gasteiger partial charge in [0.15, 0.2) is 0 Å². The second kappa shape index (κ2) is 8.86. The molecule has 7 nitrogen and oxygen atoms in total. The van der Waals surface area contributed by atoms with Crippen LogP contribution in [0, 0.1) is 0 Å². The molecule has 0 bridgehead atoms. The summed E-state index contributed by atoms with van der Waals surface area (Å²) in [5.41, 5.74) is 2.96. The van der Waals surface area contributed by atoms with Gasteiger partial charge in [-0.1, -0.05) is 46.3 Å². The predicted octanol–water partition coefficient (Wildman–Crippen LogP) is 1.24. The quantitative estimate of drug-likeness (QED) is 0.457. The highest BCUT2D eigenvalue weighted by Crippen LogP contribution is 2.14. The highest BCUT2D eigenvalue weighted by Gasteiger charge is 2.25. The predicted molar refractivity (Wildman–Crippen MR) is 97.5 cm³/mol. The van der Waals surface area contributed by atoms with Crippen molar-refractivity contribution in [3.05, 3.63) is 64.6 Å². The average Bonchev–Trinajstić information content (AvgIpc) is 2.61. The van der Waals surface area contributed by atoms with E-state index in [1.165, 1.54) is 18.3 Å². The second-order valence-corrected chi connectivity index (χ2v) is 7.58. The number of hydrazone groups is 1. The Morgan fingerprint density at radius 1 is 1.16 bits per heavy atom. The first-order valence-electron chi connectivity index (χ1n) is 7.19. The fourth-order valence-corrected chi connectivity index (χ4v) is 3.28. The second-order valence-electron chi connectivity index (χ2n) is 4.96. The molecule has 2 rings (SSSR count). The molecule has 0 spiro atoms. The molecule has 0 aromatic heterocycles. The molecule has 0 saturated heterocycles. The summed E-state index contributed by atoms with van der Waals surface area (Å²) < 4.78 is 27.4. The summed E-state index contributed by atoms with van der Waals surface area (Å²) >= 11 is 3.21. The highest BCUT2D eigenvalue weighted by molar-refractivity contribution is 9.10. The zero-order chi connectivity index (χ0) is 18.3. The first-order valence-corrected chi connectivity index (χ1v) is 9.47. The van der Waals surface area contributed by atoms with Gasteiger partial charge in [-0.25, -0.2) is 13.8 Å². The molecule has 2 aromatic rings. The lowest BCUT2D eigenvalue weighted by atomic mass is 10.2. The molecule has 25 heavy (non-hydrogen) atoms. The minimum Gasteiger partial charge on any atom is -0.394 e. The highest BCUT2D eigenvalue weighted by atomic mass is 79.9. The van der Waals surface area contributed by atoms with E-state index in [-0.39, 0.29) is 4.90 Å². The van der Waals surface area contributed by atoms with Crippen molar-refractivity contribution >= 4 is 38.1 Å². The topological polar surface area (TPSA) is 108 Å². The van der Waals surface area contributed by atoms with Crippen molar-refractivity contribution in [3.63, 3.8) is 0 Å². The Morgan fingerprint density at radius 3 is 2.40 bits per heavy atom. The summed E-state index contributed by atoms with van der Waals surface area (Å²) in [6.45, 7) is -0.706. The summed E-state index contributed by atoms with van der Waals surface area (Å²) in [5, 5.41) is 13.1. The van der Waals surface area contributed by atoms with Crippen molar-refractivity contribution in [1.82, 2.24) is 10.1 Å². The third-order valence-electron chi connectivity index (χ3n) is 3.11. The van der Waals surface area contributed by atoms with E-state index in [1.807, 2.05) is 18.2 Å². The number of halogens is 1. The standard InChI is InChI=1S/C16H16BrN3O4S/c17-13-6-8-14(9-7-13)25(23,24)20-15(11-21)16(22)19-18-10-12-4-2-1-3-5-12/h1-10,15,20-21H,11H2,(H,19,22)/b18-10+/t15-/m0/s1. The lowest BCUT2D eigenvalue weighted by Gasteiger charge is -2.14. The zero-order valence-corrected chi connectivity index (χ0v) is 15.4. The van der Waals surface area contributed by atoms with Gasteiger partial charge in [-0.15, -0.1) is 0 Å². The van der Waals surface area contributed by atoms with Gasteiger partial charge >= 0.3 is 0 Å². The van der Waals surface area contributed by atoms with Crippen LogP contribution in [0.4, 0.5) is 0 Å². The number of nitrogens with one attached hydrogen (secondary N) is 2. The molecule has 0 aliphatic carbocycles. The van der Waals surface area contributed by atoms with Gasteiger partial charge in [0.05, 0.1) is 17.7 Å². The van der Waals surface area contributed by atoms with Crippen LogP contribution in [-0.2, 0) is 14.8 Å². The zero-order valence-electron chi connectivity index (χ0n) is 13.0. The van der Waals surface area contributed by atoms with E-state index in [0.717, 1.165) is 10.0 Å². The van der Waals surface area contributed by atoms with E-state index in [2.05, 4.69) is 31.2 Å². The van der Waals surface area contributed by atoms with E-state index in [4.69, 9.17) is 0 Å². The minimum absolute atomic E-state index is 0.0188. The summed E-state index contributed by atoms with van der Waals surface area (Å²) in [6.07, 6.45) is 1.41. The number of benzene rings is 2. The maximum absolute atomic E-state index is 12.3. The maximum Gasteiger partial charge on any atom is 0.260 e. The Bertz CT molecular complexity index is 839. The van der Waals surface area contributed by atoms with Crippen molar-refractivity contribution in [3.8, 4) is 0 Å². The Balaban J connectivity index is 2.02. The largest absolute Gasteiger partial charge is 0.394 e. The van der Waals surface area contributed by atoms with Crippen molar-refractivity contribution < 1.29 is 18.3 Å². The van der Waals surface area contributed by atoms with E-state index in [9.17, 15) is 18.3 Å². The molecule has 0 saturated carbocycles. The number of rotatable bonds is 7. The van der Waals surface area contributed by atoms with Crippen LogP contribution in [0.5, 0.6) is 0 Å².